The summed E-state index contributed by atoms with van der Waals surface area (Å²) in [6.45, 7) is 4.03. The van der Waals surface area contributed by atoms with E-state index in [-0.39, 0.29) is 11.3 Å². The molecular weight excluding hydrogens is 400 g/mol. The maximum absolute atomic E-state index is 13.8. The lowest BCUT2D eigenvalue weighted by molar-refractivity contribution is -0.112. The van der Waals surface area contributed by atoms with Crippen LogP contribution in [-0.4, -0.2) is 10.9 Å². The van der Waals surface area contributed by atoms with Crippen molar-refractivity contribution in [2.45, 2.75) is 20.5 Å². The van der Waals surface area contributed by atoms with Crippen LogP contribution in [0.5, 0.6) is 5.75 Å². The third-order valence-electron chi connectivity index (χ3n) is 4.43. The van der Waals surface area contributed by atoms with Crippen LogP contribution in [0.25, 0.3) is 6.08 Å². The van der Waals surface area contributed by atoms with Crippen LogP contribution in [0.4, 0.5) is 14.5 Å². The molecule has 1 heterocycles. The van der Waals surface area contributed by atoms with Gasteiger partial charge in [-0.25, -0.2) is 8.78 Å². The number of amides is 1. The Balaban J connectivity index is 1.79. The van der Waals surface area contributed by atoms with Gasteiger partial charge in [0.05, 0.1) is 11.4 Å². The number of benzene rings is 2. The predicted octanol–water partition coefficient (Wildman–Crippen LogP) is 5.10. The zero-order chi connectivity index (χ0) is 22.4. The molecule has 0 bridgehead atoms. The molecule has 0 saturated carbocycles. The van der Waals surface area contributed by atoms with Crippen LogP contribution in [0.3, 0.4) is 0 Å². The lowest BCUT2D eigenvalue weighted by atomic mass is 10.0. The number of anilines is 1. The number of carbonyl (C=O) groups is 1. The number of pyridine rings is 1. The number of nitrogens with zero attached hydrogens (tertiary/aromatic N) is 2. The van der Waals surface area contributed by atoms with E-state index in [0.717, 1.165) is 29.0 Å². The number of hydrogen-bond donors (Lipinski definition) is 1. The van der Waals surface area contributed by atoms with Gasteiger partial charge in [0, 0.05) is 12.3 Å². The second-order valence-corrected chi connectivity index (χ2v) is 6.84. The summed E-state index contributed by atoms with van der Waals surface area (Å²) in [6, 6.07) is 13.7. The SMILES string of the molecule is Cc1cc(/C=C(\C#N)C(=O)Nc2ccc(F)cc2F)cc(C)c1OCc1ccccn1. The second-order valence-electron chi connectivity index (χ2n) is 6.84. The third-order valence-corrected chi connectivity index (χ3v) is 4.43. The second kappa shape index (κ2) is 9.63. The number of nitriles is 1. The number of aryl methyl sites for hydroxylation is 2. The number of ether oxygens (including phenoxy) is 1. The van der Waals surface area contributed by atoms with Gasteiger partial charge in [0.15, 0.2) is 0 Å². The molecule has 0 atom stereocenters. The van der Waals surface area contributed by atoms with Gasteiger partial charge in [0.1, 0.15) is 35.6 Å². The van der Waals surface area contributed by atoms with Crippen molar-refractivity contribution in [1.82, 2.24) is 4.98 Å². The standard InChI is InChI=1S/C24H19F2N3O2/c1-15-9-17(10-16(2)23(15)31-14-20-5-3-4-8-28-20)11-18(13-27)24(30)29-22-7-6-19(25)12-21(22)26/h3-12H,14H2,1-2H3,(H,29,30)/b18-11+. The first kappa shape index (κ1) is 21.7. The summed E-state index contributed by atoms with van der Waals surface area (Å²) in [6.07, 6.45) is 3.10. The minimum Gasteiger partial charge on any atom is -0.487 e. The Morgan fingerprint density at radius 3 is 2.52 bits per heavy atom. The lowest BCUT2D eigenvalue weighted by Crippen LogP contribution is -2.14. The number of hydrogen-bond acceptors (Lipinski definition) is 4. The summed E-state index contributed by atoms with van der Waals surface area (Å²) >= 11 is 0. The van der Waals surface area contributed by atoms with Crippen molar-refractivity contribution in [1.29, 1.82) is 5.26 Å². The van der Waals surface area contributed by atoms with E-state index in [4.69, 9.17) is 4.74 Å². The van der Waals surface area contributed by atoms with Gasteiger partial charge in [-0.1, -0.05) is 6.07 Å². The van der Waals surface area contributed by atoms with Crippen LogP contribution in [0, 0.1) is 36.8 Å². The summed E-state index contributed by atoms with van der Waals surface area (Å²) < 4.78 is 32.7. The molecule has 0 unspecified atom stereocenters. The van der Waals surface area contributed by atoms with Crippen LogP contribution in [0.15, 0.2) is 60.3 Å². The Morgan fingerprint density at radius 2 is 1.90 bits per heavy atom. The number of carbonyl (C=O) groups excluding carboxylic acids is 1. The fraction of sp³-hybridized carbons (Fsp3) is 0.125. The molecule has 1 aromatic heterocycles. The largest absolute Gasteiger partial charge is 0.487 e. The number of rotatable bonds is 6. The highest BCUT2D eigenvalue weighted by atomic mass is 19.1. The summed E-state index contributed by atoms with van der Waals surface area (Å²) in [5, 5.41) is 11.7. The van der Waals surface area contributed by atoms with Gasteiger partial charge in [-0.15, -0.1) is 0 Å². The molecule has 1 amide bonds. The van der Waals surface area contributed by atoms with Crippen LogP contribution in [0.2, 0.25) is 0 Å². The first-order chi connectivity index (χ1) is 14.9. The molecule has 0 aliphatic carbocycles. The summed E-state index contributed by atoms with van der Waals surface area (Å²) in [7, 11) is 0. The minimum absolute atomic E-state index is 0.210. The quantitative estimate of drug-likeness (QED) is 0.446. The van der Waals surface area contributed by atoms with E-state index in [0.29, 0.717) is 24.0 Å². The van der Waals surface area contributed by atoms with Gasteiger partial charge in [0.25, 0.3) is 5.91 Å². The smallest absolute Gasteiger partial charge is 0.266 e. The van der Waals surface area contributed by atoms with E-state index in [1.807, 2.05) is 38.1 Å². The van der Waals surface area contributed by atoms with Gasteiger partial charge in [-0.05, 0) is 73.0 Å². The fourth-order valence-electron chi connectivity index (χ4n) is 3.02. The zero-order valence-electron chi connectivity index (χ0n) is 16.9. The summed E-state index contributed by atoms with van der Waals surface area (Å²) in [5.74, 6) is -1.78. The van der Waals surface area contributed by atoms with Crippen LogP contribution in [0.1, 0.15) is 22.4 Å². The highest BCUT2D eigenvalue weighted by Gasteiger charge is 2.14. The molecule has 0 saturated heterocycles. The number of nitrogens with one attached hydrogen (secondary N) is 1. The molecule has 156 valence electrons. The van der Waals surface area contributed by atoms with Crippen molar-refractivity contribution in [2.75, 3.05) is 5.32 Å². The van der Waals surface area contributed by atoms with Crippen LogP contribution in [-0.2, 0) is 11.4 Å². The number of aromatic nitrogens is 1. The fourth-order valence-corrected chi connectivity index (χ4v) is 3.02. The molecular formula is C24H19F2N3O2. The van der Waals surface area contributed by atoms with E-state index in [1.165, 1.54) is 6.08 Å². The molecule has 0 spiro atoms. The van der Waals surface area contributed by atoms with Gasteiger partial charge < -0.3 is 10.1 Å². The third kappa shape index (κ3) is 5.52. The Hall–Kier alpha value is -4.05. The maximum atomic E-state index is 13.8. The van der Waals surface area contributed by atoms with Crippen molar-refractivity contribution in [3.05, 3.63) is 94.3 Å². The van der Waals surface area contributed by atoms with Gasteiger partial charge in [-0.2, -0.15) is 5.26 Å². The van der Waals surface area contributed by atoms with E-state index in [1.54, 1.807) is 18.3 Å². The Morgan fingerprint density at radius 1 is 1.16 bits per heavy atom. The molecule has 7 heteroatoms. The molecule has 0 aliphatic heterocycles. The van der Waals surface area contributed by atoms with Crippen molar-refractivity contribution in [2.24, 2.45) is 0 Å². The van der Waals surface area contributed by atoms with E-state index >= 15 is 0 Å². The van der Waals surface area contributed by atoms with Crippen molar-refractivity contribution in [3.63, 3.8) is 0 Å². The van der Waals surface area contributed by atoms with Crippen LogP contribution < -0.4 is 10.1 Å². The predicted molar refractivity (Wildman–Crippen MR) is 113 cm³/mol. The normalized spacial score (nSPS) is 11.0. The van der Waals surface area contributed by atoms with Crippen molar-refractivity contribution >= 4 is 17.7 Å². The van der Waals surface area contributed by atoms with Crippen molar-refractivity contribution < 1.29 is 18.3 Å². The Bertz CT molecular complexity index is 1160. The highest BCUT2D eigenvalue weighted by molar-refractivity contribution is 6.09. The van der Waals surface area contributed by atoms with Crippen molar-refractivity contribution in [3.8, 4) is 11.8 Å². The molecule has 3 rings (SSSR count). The summed E-state index contributed by atoms with van der Waals surface area (Å²) in [4.78, 5) is 16.6. The Labute approximate surface area is 178 Å². The summed E-state index contributed by atoms with van der Waals surface area (Å²) in [5.41, 5.74) is 2.63. The molecule has 0 aliphatic rings. The van der Waals surface area contributed by atoms with E-state index in [9.17, 15) is 18.8 Å². The molecule has 0 radical (unpaired) electrons. The van der Waals surface area contributed by atoms with E-state index < -0.39 is 17.5 Å². The molecule has 0 fully saturated rings. The average molecular weight is 419 g/mol. The lowest BCUT2D eigenvalue weighted by Gasteiger charge is -2.13. The first-order valence-corrected chi connectivity index (χ1v) is 9.39. The Kier molecular flexibility index (Phi) is 6.73. The first-order valence-electron chi connectivity index (χ1n) is 9.39. The van der Waals surface area contributed by atoms with Gasteiger partial charge in [0.2, 0.25) is 0 Å². The molecule has 2 aromatic carbocycles. The highest BCUT2D eigenvalue weighted by Crippen LogP contribution is 2.27. The van der Waals surface area contributed by atoms with Crippen LogP contribution >= 0.6 is 0 Å². The van der Waals surface area contributed by atoms with Gasteiger partial charge >= 0.3 is 0 Å². The molecule has 1 N–H and O–H groups in total. The zero-order valence-corrected chi connectivity index (χ0v) is 16.9. The number of halogens is 2. The molecule has 3 aromatic rings. The molecule has 31 heavy (non-hydrogen) atoms. The average Bonchev–Trinajstić information content (AvgIpc) is 2.74. The van der Waals surface area contributed by atoms with E-state index in [2.05, 4.69) is 10.3 Å². The van der Waals surface area contributed by atoms with Gasteiger partial charge in [-0.3, -0.25) is 9.78 Å². The maximum Gasteiger partial charge on any atom is 0.266 e. The molecule has 5 nitrogen and oxygen atoms in total. The topological polar surface area (TPSA) is 75.0 Å². The monoisotopic (exact) mass is 419 g/mol. The minimum atomic E-state index is -0.924.